The molecule has 0 bridgehead atoms. The fraction of sp³-hybridized carbons (Fsp3) is 0.938. The Labute approximate surface area is 134 Å². The van der Waals surface area contributed by atoms with E-state index >= 15 is 0 Å². The lowest BCUT2D eigenvalue weighted by molar-refractivity contribution is 0.214. The highest BCUT2D eigenvalue weighted by atomic mass is 32.2. The second kappa shape index (κ2) is 8.89. The van der Waals surface area contributed by atoms with Crippen molar-refractivity contribution in [3.8, 4) is 0 Å². The van der Waals surface area contributed by atoms with Crippen LogP contribution in [0.5, 0.6) is 0 Å². The molecule has 122 valence electrons. The summed E-state index contributed by atoms with van der Waals surface area (Å²) in [6.45, 7) is 11.1. The van der Waals surface area contributed by atoms with Gasteiger partial charge in [-0.3, -0.25) is 4.99 Å². The van der Waals surface area contributed by atoms with Crippen LogP contribution in [-0.2, 0) is 0 Å². The minimum Gasteiger partial charge on any atom is -0.357 e. The van der Waals surface area contributed by atoms with E-state index in [4.69, 9.17) is 4.99 Å². The molecular weight excluding hydrogens is 280 g/mol. The molecule has 2 atom stereocenters. The standard InChI is InChI=1S/C16H32N4S/c1-4-15-13-20(9-10-21-15)16(17-5-2)18-11-14-7-6-8-19(3)12-14/h14-15H,4-13H2,1-3H3,(H,17,18). The second-order valence-electron chi connectivity index (χ2n) is 6.31. The van der Waals surface area contributed by atoms with Gasteiger partial charge in [0.05, 0.1) is 0 Å². The summed E-state index contributed by atoms with van der Waals surface area (Å²) in [7, 11) is 2.23. The summed E-state index contributed by atoms with van der Waals surface area (Å²) in [6, 6.07) is 0. The van der Waals surface area contributed by atoms with E-state index in [2.05, 4.69) is 47.8 Å². The number of aliphatic imine (C=N–C) groups is 1. The van der Waals surface area contributed by atoms with Crippen molar-refractivity contribution in [2.45, 2.75) is 38.4 Å². The number of rotatable bonds is 4. The number of guanidine groups is 1. The molecule has 2 aliphatic heterocycles. The third kappa shape index (κ3) is 5.37. The van der Waals surface area contributed by atoms with Gasteiger partial charge in [-0.25, -0.2) is 0 Å². The van der Waals surface area contributed by atoms with Crippen molar-refractivity contribution in [2.24, 2.45) is 10.9 Å². The molecular formula is C16H32N4S. The summed E-state index contributed by atoms with van der Waals surface area (Å²) in [5.74, 6) is 3.11. The van der Waals surface area contributed by atoms with Crippen molar-refractivity contribution in [2.75, 3.05) is 52.1 Å². The van der Waals surface area contributed by atoms with Crippen molar-refractivity contribution in [1.29, 1.82) is 0 Å². The zero-order valence-electron chi connectivity index (χ0n) is 14.0. The molecule has 2 fully saturated rings. The Hall–Kier alpha value is -0.420. The van der Waals surface area contributed by atoms with Crippen LogP contribution >= 0.6 is 11.8 Å². The van der Waals surface area contributed by atoms with Crippen LogP contribution in [0.4, 0.5) is 0 Å². The van der Waals surface area contributed by atoms with Gasteiger partial charge in [-0.15, -0.1) is 0 Å². The highest BCUT2D eigenvalue weighted by Gasteiger charge is 2.22. The van der Waals surface area contributed by atoms with Gasteiger partial charge >= 0.3 is 0 Å². The van der Waals surface area contributed by atoms with Crippen molar-refractivity contribution in [1.82, 2.24) is 15.1 Å². The van der Waals surface area contributed by atoms with E-state index in [1.54, 1.807) is 0 Å². The smallest absolute Gasteiger partial charge is 0.193 e. The molecule has 21 heavy (non-hydrogen) atoms. The molecule has 4 nitrogen and oxygen atoms in total. The average Bonchev–Trinajstić information content (AvgIpc) is 2.51. The molecule has 2 saturated heterocycles. The van der Waals surface area contributed by atoms with Gasteiger partial charge in [0.1, 0.15) is 0 Å². The van der Waals surface area contributed by atoms with Crippen LogP contribution in [0, 0.1) is 5.92 Å². The Balaban J connectivity index is 1.91. The maximum atomic E-state index is 4.96. The van der Waals surface area contributed by atoms with Crippen LogP contribution in [0.2, 0.25) is 0 Å². The van der Waals surface area contributed by atoms with E-state index in [-0.39, 0.29) is 0 Å². The van der Waals surface area contributed by atoms with E-state index in [1.807, 2.05) is 0 Å². The van der Waals surface area contributed by atoms with Gasteiger partial charge in [0.2, 0.25) is 0 Å². The predicted molar refractivity (Wildman–Crippen MR) is 94.3 cm³/mol. The summed E-state index contributed by atoms with van der Waals surface area (Å²) >= 11 is 2.12. The van der Waals surface area contributed by atoms with Crippen LogP contribution in [-0.4, -0.2) is 73.1 Å². The summed E-state index contributed by atoms with van der Waals surface area (Å²) < 4.78 is 0. The molecule has 0 aromatic rings. The number of hydrogen-bond acceptors (Lipinski definition) is 3. The lowest BCUT2D eigenvalue weighted by atomic mass is 9.99. The van der Waals surface area contributed by atoms with Gasteiger partial charge < -0.3 is 15.1 Å². The molecule has 2 heterocycles. The van der Waals surface area contributed by atoms with Crippen LogP contribution in [0.15, 0.2) is 4.99 Å². The molecule has 0 amide bonds. The van der Waals surface area contributed by atoms with Crippen LogP contribution in [0.1, 0.15) is 33.1 Å². The summed E-state index contributed by atoms with van der Waals surface area (Å²) in [6.07, 6.45) is 3.92. The number of hydrogen-bond donors (Lipinski definition) is 1. The van der Waals surface area contributed by atoms with Gasteiger partial charge in [0, 0.05) is 43.7 Å². The Morgan fingerprint density at radius 2 is 2.14 bits per heavy atom. The SMILES string of the molecule is CCNC(=NCC1CCCN(C)C1)N1CCSC(CC)C1. The first kappa shape index (κ1) is 16.9. The summed E-state index contributed by atoms with van der Waals surface area (Å²) in [5, 5.41) is 4.27. The van der Waals surface area contributed by atoms with E-state index in [0.29, 0.717) is 0 Å². The third-order valence-electron chi connectivity index (χ3n) is 4.45. The molecule has 2 unspecified atom stereocenters. The van der Waals surface area contributed by atoms with Crippen molar-refractivity contribution < 1.29 is 0 Å². The molecule has 5 heteroatoms. The quantitative estimate of drug-likeness (QED) is 0.636. The van der Waals surface area contributed by atoms with Crippen LogP contribution in [0.25, 0.3) is 0 Å². The molecule has 2 aliphatic rings. The van der Waals surface area contributed by atoms with E-state index < -0.39 is 0 Å². The molecule has 0 aromatic heterocycles. The van der Waals surface area contributed by atoms with Gasteiger partial charge in [-0.1, -0.05) is 6.92 Å². The Morgan fingerprint density at radius 1 is 1.29 bits per heavy atom. The minimum atomic E-state index is 0.735. The summed E-state index contributed by atoms with van der Waals surface area (Å²) in [5.41, 5.74) is 0. The zero-order valence-corrected chi connectivity index (χ0v) is 14.8. The van der Waals surface area contributed by atoms with Crippen molar-refractivity contribution in [3.63, 3.8) is 0 Å². The van der Waals surface area contributed by atoms with Crippen molar-refractivity contribution >= 4 is 17.7 Å². The first-order valence-electron chi connectivity index (χ1n) is 8.56. The Bertz CT molecular complexity index is 334. The molecule has 0 radical (unpaired) electrons. The molecule has 0 saturated carbocycles. The average molecular weight is 313 g/mol. The normalized spacial score (nSPS) is 28.7. The van der Waals surface area contributed by atoms with E-state index in [1.165, 1.54) is 38.1 Å². The molecule has 0 spiro atoms. The Kier molecular flexibility index (Phi) is 7.17. The van der Waals surface area contributed by atoms with Crippen molar-refractivity contribution in [3.05, 3.63) is 0 Å². The highest BCUT2D eigenvalue weighted by molar-refractivity contribution is 8.00. The zero-order chi connectivity index (χ0) is 15.1. The molecule has 0 aromatic carbocycles. The number of nitrogens with zero attached hydrogens (tertiary/aromatic N) is 3. The van der Waals surface area contributed by atoms with Gasteiger partial charge in [0.25, 0.3) is 0 Å². The first-order valence-corrected chi connectivity index (χ1v) is 9.61. The number of likely N-dealkylation sites (tertiary alicyclic amines) is 1. The predicted octanol–water partition coefficient (Wildman–Crippen LogP) is 2.12. The topological polar surface area (TPSA) is 30.9 Å². The lowest BCUT2D eigenvalue weighted by Crippen LogP contribution is -2.48. The minimum absolute atomic E-state index is 0.735. The molecule has 2 rings (SSSR count). The monoisotopic (exact) mass is 312 g/mol. The van der Waals surface area contributed by atoms with Gasteiger partial charge in [0.15, 0.2) is 5.96 Å². The maximum Gasteiger partial charge on any atom is 0.193 e. The lowest BCUT2D eigenvalue weighted by Gasteiger charge is -2.35. The third-order valence-corrected chi connectivity index (χ3v) is 5.82. The molecule has 0 aliphatic carbocycles. The number of nitrogens with one attached hydrogen (secondary N) is 1. The van der Waals surface area contributed by atoms with E-state index in [9.17, 15) is 0 Å². The molecule has 1 N–H and O–H groups in total. The van der Waals surface area contributed by atoms with E-state index in [0.717, 1.165) is 43.3 Å². The number of thioether (sulfide) groups is 1. The van der Waals surface area contributed by atoms with Gasteiger partial charge in [-0.05, 0) is 45.7 Å². The maximum absolute atomic E-state index is 4.96. The summed E-state index contributed by atoms with van der Waals surface area (Å²) in [4.78, 5) is 9.88. The second-order valence-corrected chi connectivity index (χ2v) is 7.72. The first-order chi connectivity index (χ1) is 10.2. The van der Waals surface area contributed by atoms with Crippen LogP contribution < -0.4 is 5.32 Å². The number of piperidine rings is 1. The fourth-order valence-corrected chi connectivity index (χ4v) is 4.40. The Morgan fingerprint density at radius 3 is 2.86 bits per heavy atom. The van der Waals surface area contributed by atoms with Gasteiger partial charge in [-0.2, -0.15) is 11.8 Å². The van der Waals surface area contributed by atoms with Crippen LogP contribution in [0.3, 0.4) is 0 Å². The highest BCUT2D eigenvalue weighted by Crippen LogP contribution is 2.21. The largest absolute Gasteiger partial charge is 0.357 e. The fourth-order valence-electron chi connectivity index (χ4n) is 3.22.